The lowest BCUT2D eigenvalue weighted by Crippen LogP contribution is -1.96. The second-order valence-electron chi connectivity index (χ2n) is 7.27. The number of rotatable bonds is 7. The van der Waals surface area contributed by atoms with Crippen molar-refractivity contribution in [1.29, 1.82) is 0 Å². The topological polar surface area (TPSA) is 63.8 Å². The number of pyridine rings is 1. The van der Waals surface area contributed by atoms with Crippen molar-refractivity contribution in [3.63, 3.8) is 0 Å². The quantitative estimate of drug-likeness (QED) is 0.396. The van der Waals surface area contributed by atoms with Gasteiger partial charge >= 0.3 is 0 Å². The second-order valence-corrected chi connectivity index (χ2v) is 8.39. The van der Waals surface area contributed by atoms with E-state index >= 15 is 0 Å². The zero-order valence-corrected chi connectivity index (χ0v) is 18.1. The first-order valence-electron chi connectivity index (χ1n) is 9.95. The minimum absolute atomic E-state index is 0.534. The van der Waals surface area contributed by atoms with E-state index < -0.39 is 0 Å². The van der Waals surface area contributed by atoms with Gasteiger partial charge in [0.15, 0.2) is 0 Å². The molecule has 152 valence electrons. The molecule has 0 saturated carbocycles. The summed E-state index contributed by atoms with van der Waals surface area (Å²) >= 11 is 1.75. The molecule has 0 atom stereocenters. The Morgan fingerprint density at radius 3 is 2.57 bits per heavy atom. The molecule has 1 N–H and O–H groups in total. The Hall–Kier alpha value is -3.12. The molecule has 0 saturated heterocycles. The third-order valence-corrected chi connectivity index (χ3v) is 5.97. The van der Waals surface area contributed by atoms with Gasteiger partial charge in [-0.2, -0.15) is 4.98 Å². The molecule has 30 heavy (non-hydrogen) atoms. The van der Waals surface area contributed by atoms with Crippen LogP contribution in [0.2, 0.25) is 0 Å². The van der Waals surface area contributed by atoms with Crippen LogP contribution in [0.15, 0.2) is 81.2 Å². The summed E-state index contributed by atoms with van der Waals surface area (Å²) in [4.78, 5) is 11.3. The maximum absolute atomic E-state index is 5.54. The highest BCUT2D eigenvalue weighted by atomic mass is 32.2. The lowest BCUT2D eigenvalue weighted by Gasteiger charge is -2.09. The van der Waals surface area contributed by atoms with E-state index in [1.165, 1.54) is 15.4 Å². The normalized spacial score (nSPS) is 11.1. The van der Waals surface area contributed by atoms with Crippen LogP contribution in [0.1, 0.15) is 36.8 Å². The molecule has 2 aromatic heterocycles. The molecule has 0 bridgehead atoms. The Kier molecular flexibility index (Phi) is 6.14. The van der Waals surface area contributed by atoms with Gasteiger partial charge in [0, 0.05) is 23.0 Å². The molecule has 4 rings (SSSR count). The molecule has 0 aliphatic carbocycles. The zero-order valence-electron chi connectivity index (χ0n) is 17.3. The zero-order chi connectivity index (χ0) is 20.9. The summed E-state index contributed by atoms with van der Waals surface area (Å²) in [5.41, 5.74) is 3.33. The average Bonchev–Trinajstić information content (AvgIpc) is 3.24. The first kappa shape index (κ1) is 20.2. The fraction of sp³-hybridized carbons (Fsp3) is 0.208. The number of hydrogen-bond donors (Lipinski definition) is 1. The van der Waals surface area contributed by atoms with Gasteiger partial charge in [-0.25, -0.2) is 4.98 Å². The summed E-state index contributed by atoms with van der Waals surface area (Å²) < 4.78 is 5.54. The summed E-state index contributed by atoms with van der Waals surface area (Å²) in [5.74, 6) is 2.38. The Labute approximate surface area is 181 Å². The van der Waals surface area contributed by atoms with Gasteiger partial charge in [-0.1, -0.05) is 61.1 Å². The molecule has 0 fully saturated rings. The molecular weight excluding hydrogens is 392 g/mol. The van der Waals surface area contributed by atoms with Crippen LogP contribution in [0.5, 0.6) is 0 Å². The Morgan fingerprint density at radius 1 is 1.00 bits per heavy atom. The number of aromatic nitrogens is 3. The summed E-state index contributed by atoms with van der Waals surface area (Å²) in [6, 6.07) is 20.9. The molecule has 0 aliphatic heterocycles. The first-order valence-corrected chi connectivity index (χ1v) is 10.8. The van der Waals surface area contributed by atoms with Crippen molar-refractivity contribution < 1.29 is 4.52 Å². The summed E-state index contributed by atoms with van der Waals surface area (Å²) in [6.45, 7) is 4.42. The molecule has 2 aromatic carbocycles. The third-order valence-electron chi connectivity index (χ3n) is 4.84. The van der Waals surface area contributed by atoms with Crippen LogP contribution >= 0.6 is 11.8 Å². The molecule has 4 aromatic rings. The van der Waals surface area contributed by atoms with Gasteiger partial charge in [0.05, 0.1) is 12.0 Å². The van der Waals surface area contributed by atoms with E-state index in [4.69, 9.17) is 4.52 Å². The molecule has 0 amide bonds. The lowest BCUT2D eigenvalue weighted by molar-refractivity contribution is 0.385. The van der Waals surface area contributed by atoms with Crippen LogP contribution < -0.4 is 5.32 Å². The van der Waals surface area contributed by atoms with E-state index in [-0.39, 0.29) is 0 Å². The predicted molar refractivity (Wildman–Crippen MR) is 121 cm³/mol. The molecule has 0 unspecified atom stereocenters. The Bertz CT molecular complexity index is 1120. The van der Waals surface area contributed by atoms with Crippen LogP contribution in [-0.4, -0.2) is 22.2 Å². The molecule has 0 aliphatic rings. The van der Waals surface area contributed by atoms with E-state index in [1.54, 1.807) is 18.0 Å². The monoisotopic (exact) mass is 416 g/mol. The lowest BCUT2D eigenvalue weighted by atomic mass is 10.0. The molecule has 0 spiro atoms. The SMILES string of the molecule is CNc1ncccc1-c1noc(Cc2ccccc2Sc2ccc(C(C)C)cc2)n1. The number of nitrogens with zero attached hydrogens (tertiary/aromatic N) is 3. The van der Waals surface area contributed by atoms with Crippen LogP contribution in [0, 0.1) is 0 Å². The second kappa shape index (κ2) is 9.13. The van der Waals surface area contributed by atoms with Crippen LogP contribution in [-0.2, 0) is 6.42 Å². The number of anilines is 1. The van der Waals surface area contributed by atoms with Gasteiger partial charge < -0.3 is 9.84 Å². The van der Waals surface area contributed by atoms with Crippen molar-refractivity contribution in [2.75, 3.05) is 12.4 Å². The average molecular weight is 417 g/mol. The molecular formula is C24H24N4OS. The minimum atomic E-state index is 0.534. The van der Waals surface area contributed by atoms with Gasteiger partial charge in [-0.05, 0) is 47.4 Å². The number of benzene rings is 2. The van der Waals surface area contributed by atoms with E-state index in [0.717, 1.165) is 16.9 Å². The van der Waals surface area contributed by atoms with Gasteiger partial charge in [0.25, 0.3) is 0 Å². The third kappa shape index (κ3) is 4.54. The largest absolute Gasteiger partial charge is 0.373 e. The van der Waals surface area contributed by atoms with Crippen molar-refractivity contribution in [1.82, 2.24) is 15.1 Å². The summed E-state index contributed by atoms with van der Waals surface area (Å²) in [6.07, 6.45) is 2.31. The van der Waals surface area contributed by atoms with Crippen molar-refractivity contribution in [2.45, 2.75) is 36.0 Å². The first-order chi connectivity index (χ1) is 14.6. The summed E-state index contributed by atoms with van der Waals surface area (Å²) in [5, 5.41) is 7.22. The van der Waals surface area contributed by atoms with Crippen molar-refractivity contribution in [3.05, 3.63) is 83.9 Å². The van der Waals surface area contributed by atoms with E-state index in [2.05, 4.69) is 76.8 Å². The van der Waals surface area contributed by atoms with Crippen molar-refractivity contribution in [3.8, 4) is 11.4 Å². The highest BCUT2D eigenvalue weighted by Gasteiger charge is 2.14. The highest BCUT2D eigenvalue weighted by molar-refractivity contribution is 7.99. The maximum Gasteiger partial charge on any atom is 0.231 e. The van der Waals surface area contributed by atoms with E-state index in [9.17, 15) is 0 Å². The van der Waals surface area contributed by atoms with Crippen LogP contribution in [0.4, 0.5) is 5.82 Å². The van der Waals surface area contributed by atoms with Crippen LogP contribution in [0.25, 0.3) is 11.4 Å². The minimum Gasteiger partial charge on any atom is -0.373 e. The number of hydrogen-bond acceptors (Lipinski definition) is 6. The molecule has 6 heteroatoms. The van der Waals surface area contributed by atoms with Crippen molar-refractivity contribution in [2.24, 2.45) is 0 Å². The van der Waals surface area contributed by atoms with E-state index in [1.807, 2.05) is 25.2 Å². The standard InChI is InChI=1S/C24H24N4OS/c1-16(2)17-10-12-19(13-11-17)30-21-9-5-4-7-18(21)15-22-27-24(28-29-22)20-8-6-14-26-23(20)25-3/h4-14,16H,15H2,1-3H3,(H,25,26). The maximum atomic E-state index is 5.54. The fourth-order valence-electron chi connectivity index (χ4n) is 3.18. The van der Waals surface area contributed by atoms with Gasteiger partial charge in [-0.15, -0.1) is 0 Å². The number of nitrogens with one attached hydrogen (secondary N) is 1. The fourth-order valence-corrected chi connectivity index (χ4v) is 4.13. The molecule has 0 radical (unpaired) electrons. The van der Waals surface area contributed by atoms with Gasteiger partial charge in [-0.3, -0.25) is 0 Å². The Balaban J connectivity index is 1.54. The predicted octanol–water partition coefficient (Wildman–Crippen LogP) is 6.04. The van der Waals surface area contributed by atoms with Crippen molar-refractivity contribution >= 4 is 17.6 Å². The smallest absolute Gasteiger partial charge is 0.231 e. The Morgan fingerprint density at radius 2 is 1.80 bits per heavy atom. The highest BCUT2D eigenvalue weighted by Crippen LogP contribution is 2.32. The molecule has 5 nitrogen and oxygen atoms in total. The van der Waals surface area contributed by atoms with Gasteiger partial charge in [0.2, 0.25) is 11.7 Å². The molecule has 2 heterocycles. The van der Waals surface area contributed by atoms with Gasteiger partial charge in [0.1, 0.15) is 5.82 Å². The van der Waals surface area contributed by atoms with E-state index in [0.29, 0.717) is 24.1 Å². The van der Waals surface area contributed by atoms with Crippen LogP contribution in [0.3, 0.4) is 0 Å². The summed E-state index contributed by atoms with van der Waals surface area (Å²) in [7, 11) is 1.83.